The largest absolute Gasteiger partial charge is 0.305 e. The molecule has 2 aromatic rings. The summed E-state index contributed by atoms with van der Waals surface area (Å²) in [6.45, 7) is 2.61. The molecule has 1 heterocycles. The molecule has 0 amide bonds. The minimum absolute atomic E-state index is 0.294. The summed E-state index contributed by atoms with van der Waals surface area (Å²) in [7, 11) is 0. The van der Waals surface area contributed by atoms with Gasteiger partial charge in [-0.3, -0.25) is 4.98 Å². The van der Waals surface area contributed by atoms with Gasteiger partial charge in [-0.25, -0.2) is 8.78 Å². The molecule has 0 aliphatic carbocycles. The van der Waals surface area contributed by atoms with Crippen molar-refractivity contribution in [3.63, 3.8) is 0 Å². The van der Waals surface area contributed by atoms with E-state index in [0.29, 0.717) is 22.8 Å². The molecule has 0 saturated heterocycles. The predicted octanol–water partition coefficient (Wildman–Crippen LogP) is 3.71. The number of aromatic nitrogens is 1. The summed E-state index contributed by atoms with van der Waals surface area (Å²) in [5.41, 5.74) is 1.33. The van der Waals surface area contributed by atoms with Crippen molar-refractivity contribution in [2.75, 3.05) is 6.54 Å². The van der Waals surface area contributed by atoms with Gasteiger partial charge in [0.1, 0.15) is 0 Å². The zero-order valence-corrected chi connectivity index (χ0v) is 11.1. The molecule has 0 saturated carbocycles. The number of nitrogens with zero attached hydrogens (tertiary/aromatic N) is 1. The van der Waals surface area contributed by atoms with Crippen LogP contribution in [0.1, 0.15) is 24.2 Å². The van der Waals surface area contributed by atoms with Crippen LogP contribution in [0.4, 0.5) is 8.78 Å². The summed E-state index contributed by atoms with van der Waals surface area (Å²) in [5, 5.41) is 3.72. The summed E-state index contributed by atoms with van der Waals surface area (Å²) in [4.78, 5) is 4.22. The SMILES string of the molecule is CCNC(c1ccc(F)c(F)c1)c1ccc(Cl)cn1. The second-order valence-corrected chi connectivity index (χ2v) is 4.50. The molecular formula is C14H13ClF2N2. The van der Waals surface area contributed by atoms with Gasteiger partial charge in [-0.15, -0.1) is 0 Å². The van der Waals surface area contributed by atoms with Crippen molar-refractivity contribution >= 4 is 11.6 Å². The third-order valence-corrected chi connectivity index (χ3v) is 2.95. The predicted molar refractivity (Wildman–Crippen MR) is 71.1 cm³/mol. The van der Waals surface area contributed by atoms with E-state index in [0.717, 1.165) is 6.07 Å². The Kier molecular flexibility index (Phi) is 4.45. The molecule has 19 heavy (non-hydrogen) atoms. The monoisotopic (exact) mass is 282 g/mol. The van der Waals surface area contributed by atoms with E-state index >= 15 is 0 Å². The summed E-state index contributed by atoms with van der Waals surface area (Å²) < 4.78 is 26.3. The van der Waals surface area contributed by atoms with Crippen molar-refractivity contribution in [1.29, 1.82) is 0 Å². The van der Waals surface area contributed by atoms with Crippen LogP contribution in [-0.4, -0.2) is 11.5 Å². The number of nitrogens with one attached hydrogen (secondary N) is 1. The molecule has 0 aliphatic rings. The highest BCUT2D eigenvalue weighted by Gasteiger charge is 2.16. The smallest absolute Gasteiger partial charge is 0.159 e. The van der Waals surface area contributed by atoms with Crippen LogP contribution in [0.25, 0.3) is 0 Å². The minimum Gasteiger partial charge on any atom is -0.305 e. The number of benzene rings is 1. The number of hydrogen-bond acceptors (Lipinski definition) is 2. The van der Waals surface area contributed by atoms with Crippen LogP contribution in [0, 0.1) is 11.6 Å². The van der Waals surface area contributed by atoms with Gasteiger partial charge in [0.25, 0.3) is 0 Å². The maximum atomic E-state index is 13.3. The van der Waals surface area contributed by atoms with Gasteiger partial charge >= 0.3 is 0 Å². The molecule has 1 N–H and O–H groups in total. The van der Waals surface area contributed by atoms with Gasteiger partial charge < -0.3 is 5.32 Å². The Balaban J connectivity index is 2.38. The highest BCUT2D eigenvalue weighted by atomic mass is 35.5. The molecule has 2 rings (SSSR count). The molecule has 1 unspecified atom stereocenters. The van der Waals surface area contributed by atoms with Gasteiger partial charge in [0.05, 0.1) is 16.8 Å². The normalized spacial score (nSPS) is 12.4. The van der Waals surface area contributed by atoms with Gasteiger partial charge in [-0.05, 0) is 36.4 Å². The molecule has 2 nitrogen and oxygen atoms in total. The van der Waals surface area contributed by atoms with E-state index in [2.05, 4.69) is 10.3 Å². The lowest BCUT2D eigenvalue weighted by Crippen LogP contribution is -2.23. The maximum Gasteiger partial charge on any atom is 0.159 e. The fourth-order valence-electron chi connectivity index (χ4n) is 1.85. The molecule has 1 atom stereocenters. The fraction of sp³-hybridized carbons (Fsp3) is 0.214. The Labute approximate surface area is 115 Å². The van der Waals surface area contributed by atoms with Gasteiger partial charge in [-0.2, -0.15) is 0 Å². The maximum absolute atomic E-state index is 13.3. The van der Waals surface area contributed by atoms with E-state index in [-0.39, 0.29) is 6.04 Å². The first kappa shape index (κ1) is 13.9. The van der Waals surface area contributed by atoms with E-state index in [9.17, 15) is 8.78 Å². The first-order chi connectivity index (χ1) is 9.11. The van der Waals surface area contributed by atoms with Crippen molar-refractivity contribution in [2.24, 2.45) is 0 Å². The molecule has 0 bridgehead atoms. The number of rotatable bonds is 4. The highest BCUT2D eigenvalue weighted by Crippen LogP contribution is 2.23. The minimum atomic E-state index is -0.866. The summed E-state index contributed by atoms with van der Waals surface area (Å²) in [5.74, 6) is -1.72. The van der Waals surface area contributed by atoms with Crippen molar-refractivity contribution in [1.82, 2.24) is 10.3 Å². The van der Waals surface area contributed by atoms with E-state index in [1.54, 1.807) is 18.2 Å². The molecule has 1 aromatic heterocycles. The molecule has 0 aliphatic heterocycles. The lowest BCUT2D eigenvalue weighted by Gasteiger charge is -2.18. The highest BCUT2D eigenvalue weighted by molar-refractivity contribution is 6.30. The van der Waals surface area contributed by atoms with Gasteiger partial charge in [0.2, 0.25) is 0 Å². The third kappa shape index (κ3) is 3.28. The molecule has 0 radical (unpaired) electrons. The quantitative estimate of drug-likeness (QED) is 0.925. The van der Waals surface area contributed by atoms with Crippen LogP contribution in [0.5, 0.6) is 0 Å². The van der Waals surface area contributed by atoms with E-state index in [4.69, 9.17) is 11.6 Å². The van der Waals surface area contributed by atoms with Crippen LogP contribution in [0.15, 0.2) is 36.5 Å². The average Bonchev–Trinajstić information content (AvgIpc) is 2.41. The Hall–Kier alpha value is -1.52. The zero-order valence-electron chi connectivity index (χ0n) is 10.3. The zero-order chi connectivity index (χ0) is 13.8. The molecule has 0 fully saturated rings. The Morgan fingerprint density at radius 1 is 1.21 bits per heavy atom. The topological polar surface area (TPSA) is 24.9 Å². The van der Waals surface area contributed by atoms with E-state index < -0.39 is 11.6 Å². The lowest BCUT2D eigenvalue weighted by atomic mass is 10.0. The third-order valence-electron chi connectivity index (χ3n) is 2.73. The summed E-state index contributed by atoms with van der Waals surface area (Å²) in [6, 6.07) is 7.02. The van der Waals surface area contributed by atoms with Crippen molar-refractivity contribution < 1.29 is 8.78 Å². The molecular weight excluding hydrogens is 270 g/mol. The number of hydrogen-bond donors (Lipinski definition) is 1. The van der Waals surface area contributed by atoms with Gasteiger partial charge in [-0.1, -0.05) is 24.6 Å². The Bertz CT molecular complexity index is 558. The van der Waals surface area contributed by atoms with Crippen molar-refractivity contribution in [3.05, 3.63) is 64.4 Å². The Morgan fingerprint density at radius 2 is 2.00 bits per heavy atom. The summed E-state index contributed by atoms with van der Waals surface area (Å²) in [6.07, 6.45) is 1.53. The van der Waals surface area contributed by atoms with Gasteiger partial charge in [0.15, 0.2) is 11.6 Å². The number of pyridine rings is 1. The second-order valence-electron chi connectivity index (χ2n) is 4.07. The van der Waals surface area contributed by atoms with Crippen molar-refractivity contribution in [2.45, 2.75) is 13.0 Å². The second kappa shape index (κ2) is 6.08. The van der Waals surface area contributed by atoms with E-state index in [1.165, 1.54) is 12.3 Å². The van der Waals surface area contributed by atoms with Crippen LogP contribution in [-0.2, 0) is 0 Å². The van der Waals surface area contributed by atoms with Gasteiger partial charge in [0, 0.05) is 6.20 Å². The van der Waals surface area contributed by atoms with E-state index in [1.807, 2.05) is 6.92 Å². The first-order valence-corrected chi connectivity index (χ1v) is 6.29. The van der Waals surface area contributed by atoms with Crippen LogP contribution < -0.4 is 5.32 Å². The lowest BCUT2D eigenvalue weighted by molar-refractivity contribution is 0.503. The molecule has 100 valence electrons. The van der Waals surface area contributed by atoms with Crippen LogP contribution >= 0.6 is 11.6 Å². The van der Waals surface area contributed by atoms with Crippen molar-refractivity contribution in [3.8, 4) is 0 Å². The van der Waals surface area contributed by atoms with Crippen LogP contribution in [0.3, 0.4) is 0 Å². The standard InChI is InChI=1S/C14H13ClF2N2/c1-2-18-14(13-6-4-10(15)8-19-13)9-3-5-11(16)12(17)7-9/h3-8,14,18H,2H2,1H3. The molecule has 1 aromatic carbocycles. The fourth-order valence-corrected chi connectivity index (χ4v) is 1.96. The first-order valence-electron chi connectivity index (χ1n) is 5.91. The Morgan fingerprint density at radius 3 is 2.58 bits per heavy atom. The summed E-state index contributed by atoms with van der Waals surface area (Å²) >= 11 is 5.79. The average molecular weight is 283 g/mol. The molecule has 5 heteroatoms. The number of halogens is 3. The molecule has 0 spiro atoms. The van der Waals surface area contributed by atoms with Crippen LogP contribution in [0.2, 0.25) is 5.02 Å².